The van der Waals surface area contributed by atoms with E-state index in [1.54, 1.807) is 6.08 Å². The van der Waals surface area contributed by atoms with Gasteiger partial charge in [-0.25, -0.2) is 0 Å². The van der Waals surface area contributed by atoms with Gasteiger partial charge in [-0.2, -0.15) is 5.26 Å². The van der Waals surface area contributed by atoms with Gasteiger partial charge in [-0.15, -0.1) is 0 Å². The third-order valence-corrected chi connectivity index (χ3v) is 5.08. The minimum Gasteiger partial charge on any atom is -0.361 e. The molecule has 5 heteroatoms. The molecule has 0 atom stereocenters. The number of hydrogen-bond acceptors (Lipinski definition) is 2. The normalized spacial score (nSPS) is 11.6. The summed E-state index contributed by atoms with van der Waals surface area (Å²) in [6.45, 7) is 7.63. The summed E-state index contributed by atoms with van der Waals surface area (Å²) in [6, 6.07) is 12.2. The lowest BCUT2D eigenvalue weighted by molar-refractivity contribution is -0.117. The van der Waals surface area contributed by atoms with E-state index in [1.165, 1.54) is 0 Å². The number of hydrogen-bond donors (Lipinski definition) is 2. The lowest BCUT2D eigenvalue weighted by Crippen LogP contribution is -2.26. The first-order chi connectivity index (χ1) is 13.5. The summed E-state index contributed by atoms with van der Waals surface area (Å²) in [6.07, 6.45) is 5.41. The first-order valence-electron chi connectivity index (χ1n) is 9.66. The molecule has 0 saturated heterocycles. The number of rotatable bonds is 7. The molecule has 0 fully saturated rings. The number of carbonyl (C=O) groups is 1. The molecule has 144 valence electrons. The fourth-order valence-corrected chi connectivity index (χ4v) is 3.59. The summed E-state index contributed by atoms with van der Waals surface area (Å²) >= 11 is 0. The second-order valence-corrected chi connectivity index (χ2v) is 7.01. The number of carbonyl (C=O) groups excluding carboxylic acids is 1. The zero-order valence-corrected chi connectivity index (χ0v) is 16.7. The van der Waals surface area contributed by atoms with Crippen molar-refractivity contribution in [3.63, 3.8) is 0 Å². The van der Waals surface area contributed by atoms with Gasteiger partial charge in [-0.1, -0.05) is 25.1 Å². The van der Waals surface area contributed by atoms with Gasteiger partial charge in [0.25, 0.3) is 5.91 Å². The van der Waals surface area contributed by atoms with E-state index in [4.69, 9.17) is 0 Å². The van der Waals surface area contributed by atoms with E-state index in [1.807, 2.05) is 50.4 Å². The van der Waals surface area contributed by atoms with E-state index >= 15 is 0 Å². The number of fused-ring (bicyclic) bond motifs is 1. The molecule has 0 aliphatic heterocycles. The second-order valence-electron chi connectivity index (χ2n) is 7.01. The molecule has 0 spiro atoms. The lowest BCUT2D eigenvalue weighted by atomic mass is 10.1. The molecular weight excluding hydrogens is 348 g/mol. The first kappa shape index (κ1) is 19.5. The quantitative estimate of drug-likeness (QED) is 0.479. The predicted molar refractivity (Wildman–Crippen MR) is 113 cm³/mol. The number of nitrogens with one attached hydrogen (secondary N) is 2. The fourth-order valence-electron chi connectivity index (χ4n) is 3.59. The van der Waals surface area contributed by atoms with Gasteiger partial charge in [0.1, 0.15) is 11.6 Å². The van der Waals surface area contributed by atoms with Crippen LogP contribution in [-0.4, -0.2) is 22.0 Å². The molecule has 2 N–H and O–H groups in total. The summed E-state index contributed by atoms with van der Waals surface area (Å²) in [4.78, 5) is 15.7. The Morgan fingerprint density at radius 2 is 2.11 bits per heavy atom. The van der Waals surface area contributed by atoms with E-state index in [0.29, 0.717) is 13.0 Å². The molecule has 0 saturated carbocycles. The van der Waals surface area contributed by atoms with E-state index in [9.17, 15) is 10.1 Å². The van der Waals surface area contributed by atoms with Crippen molar-refractivity contribution in [3.8, 4) is 6.07 Å². The van der Waals surface area contributed by atoms with Crippen LogP contribution in [0.1, 0.15) is 35.9 Å². The van der Waals surface area contributed by atoms with Crippen molar-refractivity contribution < 1.29 is 4.79 Å². The van der Waals surface area contributed by atoms with Crippen molar-refractivity contribution >= 4 is 22.9 Å². The Hall–Kier alpha value is -3.26. The van der Waals surface area contributed by atoms with Crippen molar-refractivity contribution in [1.82, 2.24) is 14.9 Å². The predicted octanol–water partition coefficient (Wildman–Crippen LogP) is 4.26. The summed E-state index contributed by atoms with van der Waals surface area (Å²) < 4.78 is 2.22. The Labute approximate surface area is 165 Å². The van der Waals surface area contributed by atoms with E-state index in [0.717, 1.165) is 46.4 Å². The number of amides is 1. The van der Waals surface area contributed by atoms with Crippen LogP contribution in [0.3, 0.4) is 0 Å². The standard InChI is InChI=1S/C23H26N4O/c1-4-11-27-16(2)12-19(17(27)3)13-20(14-24)23(28)25-10-9-18-15-26-22-8-6-5-7-21(18)22/h5-8,12-13,15,26H,4,9-11H2,1-3H3,(H,25,28)/b20-13+. The molecule has 1 aromatic carbocycles. The molecule has 0 unspecified atom stereocenters. The Balaban J connectivity index is 1.68. The SMILES string of the molecule is CCCn1c(C)cc(/C=C(\C#N)C(=O)NCCc2c[nH]c3ccccc23)c1C. The minimum atomic E-state index is -0.331. The van der Waals surface area contributed by atoms with Crippen molar-refractivity contribution in [2.24, 2.45) is 0 Å². The van der Waals surface area contributed by atoms with Gasteiger partial charge in [0.05, 0.1) is 0 Å². The number of nitrogens with zero attached hydrogens (tertiary/aromatic N) is 2. The molecule has 5 nitrogen and oxygen atoms in total. The average molecular weight is 374 g/mol. The van der Waals surface area contributed by atoms with Gasteiger partial charge in [-0.3, -0.25) is 4.79 Å². The highest BCUT2D eigenvalue weighted by atomic mass is 16.1. The maximum Gasteiger partial charge on any atom is 0.261 e. The van der Waals surface area contributed by atoms with Crippen LogP contribution in [0.25, 0.3) is 17.0 Å². The Kier molecular flexibility index (Phi) is 6.00. The van der Waals surface area contributed by atoms with Crippen LogP contribution in [0.2, 0.25) is 0 Å². The molecule has 2 aromatic heterocycles. The van der Waals surface area contributed by atoms with Crippen molar-refractivity contribution in [2.75, 3.05) is 6.54 Å². The third kappa shape index (κ3) is 4.01. The van der Waals surface area contributed by atoms with E-state index in [2.05, 4.69) is 27.9 Å². The van der Waals surface area contributed by atoms with Crippen LogP contribution in [0.5, 0.6) is 0 Å². The average Bonchev–Trinajstić information content (AvgIpc) is 3.22. The number of benzene rings is 1. The molecule has 3 aromatic rings. The van der Waals surface area contributed by atoms with Crippen LogP contribution in [-0.2, 0) is 17.8 Å². The minimum absolute atomic E-state index is 0.135. The molecule has 2 heterocycles. The van der Waals surface area contributed by atoms with Gasteiger partial charge in [0, 0.05) is 41.6 Å². The molecule has 0 radical (unpaired) electrons. The molecule has 1 amide bonds. The topological polar surface area (TPSA) is 73.6 Å². The Bertz CT molecular complexity index is 1060. The van der Waals surface area contributed by atoms with Crippen LogP contribution in [0.4, 0.5) is 0 Å². The smallest absolute Gasteiger partial charge is 0.261 e. The largest absolute Gasteiger partial charge is 0.361 e. The third-order valence-electron chi connectivity index (χ3n) is 5.08. The molecule has 0 aliphatic rings. The maximum atomic E-state index is 12.5. The van der Waals surface area contributed by atoms with Crippen molar-refractivity contribution in [1.29, 1.82) is 5.26 Å². The molecule has 3 rings (SSSR count). The van der Waals surface area contributed by atoms with Gasteiger partial charge in [-0.05, 0) is 56.0 Å². The highest BCUT2D eigenvalue weighted by Crippen LogP contribution is 2.19. The lowest BCUT2D eigenvalue weighted by Gasteiger charge is -2.07. The van der Waals surface area contributed by atoms with Crippen LogP contribution in [0, 0.1) is 25.2 Å². The van der Waals surface area contributed by atoms with Gasteiger partial charge < -0.3 is 14.9 Å². The summed E-state index contributed by atoms with van der Waals surface area (Å²) in [5.74, 6) is -0.331. The molecule has 0 bridgehead atoms. The van der Waals surface area contributed by atoms with Crippen molar-refractivity contribution in [2.45, 2.75) is 40.2 Å². The summed E-state index contributed by atoms with van der Waals surface area (Å²) in [7, 11) is 0. The fraction of sp³-hybridized carbons (Fsp3) is 0.304. The number of aryl methyl sites for hydroxylation is 1. The van der Waals surface area contributed by atoms with E-state index < -0.39 is 0 Å². The maximum absolute atomic E-state index is 12.5. The number of nitriles is 1. The summed E-state index contributed by atoms with van der Waals surface area (Å²) in [5, 5.41) is 13.5. The van der Waals surface area contributed by atoms with Crippen LogP contribution >= 0.6 is 0 Å². The van der Waals surface area contributed by atoms with Gasteiger partial charge in [0.15, 0.2) is 0 Å². The molecule has 0 aliphatic carbocycles. The number of H-pyrrole nitrogens is 1. The van der Waals surface area contributed by atoms with Crippen LogP contribution < -0.4 is 5.32 Å². The Morgan fingerprint density at radius 3 is 2.86 bits per heavy atom. The van der Waals surface area contributed by atoms with E-state index in [-0.39, 0.29) is 11.5 Å². The van der Waals surface area contributed by atoms with Gasteiger partial charge >= 0.3 is 0 Å². The highest BCUT2D eigenvalue weighted by Gasteiger charge is 2.13. The highest BCUT2D eigenvalue weighted by molar-refractivity contribution is 6.01. The molecule has 28 heavy (non-hydrogen) atoms. The Morgan fingerprint density at radius 1 is 1.32 bits per heavy atom. The molecular formula is C23H26N4O. The zero-order valence-electron chi connectivity index (χ0n) is 16.7. The second kappa shape index (κ2) is 8.62. The number of para-hydroxylation sites is 1. The van der Waals surface area contributed by atoms with Crippen LogP contribution in [0.15, 0.2) is 42.1 Å². The zero-order chi connectivity index (χ0) is 20.1. The van der Waals surface area contributed by atoms with Gasteiger partial charge in [0.2, 0.25) is 0 Å². The monoisotopic (exact) mass is 374 g/mol. The number of aromatic amines is 1. The summed E-state index contributed by atoms with van der Waals surface area (Å²) in [5.41, 5.74) is 5.52. The first-order valence-corrected chi connectivity index (χ1v) is 9.66. The number of aromatic nitrogens is 2. The van der Waals surface area contributed by atoms with Crippen molar-refractivity contribution in [3.05, 3.63) is 64.6 Å².